The van der Waals surface area contributed by atoms with Crippen molar-refractivity contribution in [1.29, 1.82) is 0 Å². The Morgan fingerprint density at radius 2 is 2.12 bits per heavy atom. The lowest BCUT2D eigenvalue weighted by Crippen LogP contribution is -2.08. The molecule has 0 amide bonds. The molecule has 1 atom stereocenters. The summed E-state index contributed by atoms with van der Waals surface area (Å²) in [5, 5.41) is 4.85. The molecular weight excluding hydrogens is 232 g/mol. The van der Waals surface area contributed by atoms with Crippen LogP contribution in [0.3, 0.4) is 0 Å². The van der Waals surface area contributed by atoms with Crippen molar-refractivity contribution in [2.24, 2.45) is 0 Å². The van der Waals surface area contributed by atoms with Gasteiger partial charge >= 0.3 is 0 Å². The highest BCUT2D eigenvalue weighted by molar-refractivity contribution is 6.20. The molecule has 0 saturated heterocycles. The number of anilines is 1. The van der Waals surface area contributed by atoms with Gasteiger partial charge in [0, 0.05) is 29.2 Å². The third-order valence-electron chi connectivity index (χ3n) is 2.87. The predicted octanol–water partition coefficient (Wildman–Crippen LogP) is 4.05. The molecule has 0 spiro atoms. The van der Waals surface area contributed by atoms with Crippen molar-refractivity contribution >= 4 is 28.2 Å². The molecule has 2 nitrogen and oxygen atoms in total. The van der Waals surface area contributed by atoms with Crippen LogP contribution in [0.25, 0.3) is 10.9 Å². The zero-order chi connectivity index (χ0) is 12.1. The minimum Gasteiger partial charge on any atom is -0.384 e. The van der Waals surface area contributed by atoms with E-state index in [4.69, 9.17) is 11.6 Å². The first-order valence-electron chi connectivity index (χ1n) is 6.03. The molecule has 0 radical (unpaired) electrons. The standard InChI is InChI=1S/C14H17ClN2/c1-2-11(15)7-9-16-14-8-10-17-13-6-4-3-5-12(13)14/h3-6,8,10-11H,2,7,9H2,1H3,(H,16,17). The number of halogens is 1. The van der Waals surface area contributed by atoms with Crippen molar-refractivity contribution < 1.29 is 0 Å². The molecule has 1 heterocycles. The fourth-order valence-corrected chi connectivity index (χ4v) is 1.93. The van der Waals surface area contributed by atoms with E-state index >= 15 is 0 Å². The van der Waals surface area contributed by atoms with Crippen LogP contribution in [0, 0.1) is 0 Å². The summed E-state index contributed by atoms with van der Waals surface area (Å²) in [5.74, 6) is 0. The van der Waals surface area contributed by atoms with E-state index in [9.17, 15) is 0 Å². The lowest BCUT2D eigenvalue weighted by Gasteiger charge is -2.11. The van der Waals surface area contributed by atoms with Crippen LogP contribution in [0.4, 0.5) is 5.69 Å². The number of fused-ring (bicyclic) bond motifs is 1. The Morgan fingerprint density at radius 1 is 1.29 bits per heavy atom. The predicted molar refractivity (Wildman–Crippen MR) is 74.8 cm³/mol. The van der Waals surface area contributed by atoms with Crippen LogP contribution >= 0.6 is 11.6 Å². The van der Waals surface area contributed by atoms with Gasteiger partial charge in [0.05, 0.1) is 5.52 Å². The van der Waals surface area contributed by atoms with Gasteiger partial charge in [-0.05, 0) is 25.0 Å². The summed E-state index contributed by atoms with van der Waals surface area (Å²) in [6.45, 7) is 3.01. The summed E-state index contributed by atoms with van der Waals surface area (Å²) in [5.41, 5.74) is 2.16. The fourth-order valence-electron chi connectivity index (χ4n) is 1.82. The monoisotopic (exact) mass is 248 g/mol. The van der Waals surface area contributed by atoms with Crippen LogP contribution in [0.5, 0.6) is 0 Å². The second-order valence-electron chi connectivity index (χ2n) is 4.10. The van der Waals surface area contributed by atoms with Gasteiger partial charge in [0.25, 0.3) is 0 Å². The molecule has 0 saturated carbocycles. The first-order chi connectivity index (χ1) is 8.31. The number of rotatable bonds is 5. The average molecular weight is 249 g/mol. The van der Waals surface area contributed by atoms with E-state index in [0.717, 1.165) is 36.0 Å². The average Bonchev–Trinajstić information content (AvgIpc) is 2.39. The fraction of sp³-hybridized carbons (Fsp3) is 0.357. The van der Waals surface area contributed by atoms with Gasteiger partial charge in [-0.15, -0.1) is 11.6 Å². The maximum absolute atomic E-state index is 6.10. The van der Waals surface area contributed by atoms with Gasteiger partial charge < -0.3 is 5.32 Å². The third kappa shape index (κ3) is 3.10. The molecule has 0 fully saturated rings. The summed E-state index contributed by atoms with van der Waals surface area (Å²) in [7, 11) is 0. The summed E-state index contributed by atoms with van der Waals surface area (Å²) in [6, 6.07) is 10.2. The molecule has 1 aromatic carbocycles. The minimum atomic E-state index is 0.260. The SMILES string of the molecule is CCC(Cl)CCNc1ccnc2ccccc12. The van der Waals surface area contributed by atoms with E-state index in [-0.39, 0.29) is 5.38 Å². The largest absolute Gasteiger partial charge is 0.384 e. The maximum Gasteiger partial charge on any atom is 0.0722 e. The number of para-hydroxylation sites is 1. The number of hydrogen-bond acceptors (Lipinski definition) is 2. The van der Waals surface area contributed by atoms with Gasteiger partial charge in [-0.2, -0.15) is 0 Å². The summed E-state index contributed by atoms with van der Waals surface area (Å²) in [6.07, 6.45) is 3.83. The highest BCUT2D eigenvalue weighted by Crippen LogP contribution is 2.21. The molecule has 2 aromatic rings. The lowest BCUT2D eigenvalue weighted by molar-refractivity contribution is 0.754. The number of nitrogens with zero attached hydrogens (tertiary/aromatic N) is 1. The summed E-state index contributed by atoms with van der Waals surface area (Å²) >= 11 is 6.10. The van der Waals surface area contributed by atoms with Crippen molar-refractivity contribution in [1.82, 2.24) is 4.98 Å². The van der Waals surface area contributed by atoms with E-state index in [1.165, 1.54) is 0 Å². The van der Waals surface area contributed by atoms with Crippen LogP contribution in [-0.2, 0) is 0 Å². The maximum atomic E-state index is 6.10. The number of benzene rings is 1. The number of aromatic nitrogens is 1. The molecule has 0 aliphatic heterocycles. The summed E-state index contributed by atoms with van der Waals surface area (Å²) < 4.78 is 0. The Hall–Kier alpha value is -1.28. The highest BCUT2D eigenvalue weighted by atomic mass is 35.5. The van der Waals surface area contributed by atoms with Crippen LogP contribution in [0.15, 0.2) is 36.5 Å². The Bertz CT molecular complexity index is 479. The molecule has 0 bridgehead atoms. The third-order valence-corrected chi connectivity index (χ3v) is 3.39. The Labute approximate surface area is 107 Å². The van der Waals surface area contributed by atoms with Gasteiger partial charge in [-0.25, -0.2) is 0 Å². The van der Waals surface area contributed by atoms with Gasteiger partial charge in [0.1, 0.15) is 0 Å². The van der Waals surface area contributed by atoms with Crippen LogP contribution < -0.4 is 5.32 Å². The molecule has 0 aliphatic rings. The summed E-state index contributed by atoms with van der Waals surface area (Å²) in [4.78, 5) is 4.34. The smallest absolute Gasteiger partial charge is 0.0722 e. The van der Waals surface area contributed by atoms with Crippen LogP contribution in [0.1, 0.15) is 19.8 Å². The molecule has 0 aliphatic carbocycles. The molecular formula is C14H17ClN2. The second-order valence-corrected chi connectivity index (χ2v) is 4.71. The van der Waals surface area contributed by atoms with E-state index in [0.29, 0.717) is 0 Å². The Balaban J connectivity index is 2.08. The first-order valence-corrected chi connectivity index (χ1v) is 6.46. The van der Waals surface area contributed by atoms with Gasteiger partial charge in [0.2, 0.25) is 0 Å². The number of nitrogens with one attached hydrogen (secondary N) is 1. The normalized spacial score (nSPS) is 12.6. The zero-order valence-corrected chi connectivity index (χ0v) is 10.7. The quantitative estimate of drug-likeness (QED) is 0.808. The molecule has 1 unspecified atom stereocenters. The van der Waals surface area contributed by atoms with Crippen molar-refractivity contribution in [3.05, 3.63) is 36.5 Å². The van der Waals surface area contributed by atoms with Crippen molar-refractivity contribution in [2.75, 3.05) is 11.9 Å². The molecule has 2 rings (SSSR count). The van der Waals surface area contributed by atoms with E-state index in [1.54, 1.807) is 0 Å². The highest BCUT2D eigenvalue weighted by Gasteiger charge is 2.03. The van der Waals surface area contributed by atoms with Gasteiger partial charge in [-0.3, -0.25) is 4.98 Å². The van der Waals surface area contributed by atoms with Gasteiger partial charge in [0.15, 0.2) is 0 Å². The number of pyridine rings is 1. The van der Waals surface area contributed by atoms with Crippen LogP contribution in [-0.4, -0.2) is 16.9 Å². The topological polar surface area (TPSA) is 24.9 Å². The molecule has 1 N–H and O–H groups in total. The number of alkyl halides is 1. The Kier molecular flexibility index (Phi) is 4.21. The van der Waals surface area contributed by atoms with E-state index in [1.807, 2.05) is 30.5 Å². The first kappa shape index (κ1) is 12.2. The van der Waals surface area contributed by atoms with Crippen molar-refractivity contribution in [3.63, 3.8) is 0 Å². The lowest BCUT2D eigenvalue weighted by atomic mass is 10.2. The second kappa shape index (κ2) is 5.87. The molecule has 1 aromatic heterocycles. The minimum absolute atomic E-state index is 0.260. The Morgan fingerprint density at radius 3 is 2.94 bits per heavy atom. The van der Waals surface area contributed by atoms with Gasteiger partial charge in [-0.1, -0.05) is 25.1 Å². The number of hydrogen-bond donors (Lipinski definition) is 1. The van der Waals surface area contributed by atoms with Crippen molar-refractivity contribution in [3.8, 4) is 0 Å². The van der Waals surface area contributed by atoms with Crippen LogP contribution in [0.2, 0.25) is 0 Å². The molecule has 17 heavy (non-hydrogen) atoms. The van der Waals surface area contributed by atoms with Crippen molar-refractivity contribution in [2.45, 2.75) is 25.1 Å². The molecule has 3 heteroatoms. The van der Waals surface area contributed by atoms with E-state index < -0.39 is 0 Å². The zero-order valence-electron chi connectivity index (χ0n) is 9.99. The molecule has 90 valence electrons. The van der Waals surface area contributed by atoms with E-state index in [2.05, 4.69) is 23.3 Å².